The van der Waals surface area contributed by atoms with Gasteiger partial charge in [0.2, 0.25) is 0 Å². The van der Waals surface area contributed by atoms with Crippen molar-refractivity contribution in [3.63, 3.8) is 0 Å². The lowest BCUT2D eigenvalue weighted by molar-refractivity contribution is 0.320. The van der Waals surface area contributed by atoms with E-state index >= 15 is 0 Å². The first-order valence-corrected chi connectivity index (χ1v) is 4.21. The van der Waals surface area contributed by atoms with E-state index in [-0.39, 0.29) is 10.7 Å². The van der Waals surface area contributed by atoms with Gasteiger partial charge >= 0.3 is 0 Å². The highest BCUT2D eigenvalue weighted by molar-refractivity contribution is 7.82. The molecule has 1 rings (SSSR count). The molecule has 0 heterocycles. The van der Waals surface area contributed by atoms with E-state index in [2.05, 4.69) is 17.4 Å². The molecule has 0 radical (unpaired) electrons. The van der Waals surface area contributed by atoms with Crippen LogP contribution in [0.15, 0.2) is 29.4 Å². The number of benzene rings is 1. The molecule has 1 aromatic carbocycles. The fraction of sp³-hybridized carbons (Fsp3) is 0. The molecule has 3 N–H and O–H groups in total. The molecule has 0 atom stereocenters. The van der Waals surface area contributed by atoms with Gasteiger partial charge in [-0.2, -0.15) is 0 Å². The molecule has 0 aliphatic carbocycles. The van der Waals surface area contributed by atoms with Gasteiger partial charge in [0.25, 0.3) is 0 Å². The molecule has 0 unspecified atom stereocenters. The zero-order valence-corrected chi connectivity index (χ0v) is 8.14. The molecule has 5 heteroatoms. The zero-order valence-electron chi connectivity index (χ0n) is 6.57. The minimum absolute atomic E-state index is 0.0461. The molecular weight excluding hydrogens is 208 g/mol. The third kappa shape index (κ3) is 2.40. The standard InChI is InChI=1S/C8H7ClN2OS/c9-6-3-1-5(2-4-6)7(11-12)8(10)13/h1-4,12H,(H2,10,13). The maximum atomic E-state index is 8.61. The average Bonchev–Trinajstić information content (AvgIpc) is 2.09. The molecule has 0 spiro atoms. The summed E-state index contributed by atoms with van der Waals surface area (Å²) in [5, 5.41) is 12.2. The van der Waals surface area contributed by atoms with Crippen molar-refractivity contribution >= 4 is 34.5 Å². The maximum Gasteiger partial charge on any atom is 0.143 e. The summed E-state index contributed by atoms with van der Waals surface area (Å²) in [7, 11) is 0. The Morgan fingerprint density at radius 1 is 1.38 bits per heavy atom. The summed E-state index contributed by atoms with van der Waals surface area (Å²) >= 11 is 10.4. The molecular formula is C8H7ClN2OS. The van der Waals surface area contributed by atoms with Crippen molar-refractivity contribution < 1.29 is 5.21 Å². The van der Waals surface area contributed by atoms with E-state index in [1.54, 1.807) is 24.3 Å². The van der Waals surface area contributed by atoms with Crippen LogP contribution in [0.1, 0.15) is 5.56 Å². The molecule has 0 aromatic heterocycles. The molecule has 3 nitrogen and oxygen atoms in total. The summed E-state index contributed by atoms with van der Waals surface area (Å²) < 4.78 is 0. The van der Waals surface area contributed by atoms with Gasteiger partial charge in [-0.15, -0.1) is 0 Å². The average molecular weight is 215 g/mol. The van der Waals surface area contributed by atoms with Crippen LogP contribution in [0.5, 0.6) is 0 Å². The third-order valence-corrected chi connectivity index (χ3v) is 1.90. The molecule has 0 amide bonds. The van der Waals surface area contributed by atoms with Crippen molar-refractivity contribution in [3.8, 4) is 0 Å². The summed E-state index contributed by atoms with van der Waals surface area (Å²) in [4.78, 5) is 0.0461. The van der Waals surface area contributed by atoms with Gasteiger partial charge in [0, 0.05) is 10.6 Å². The number of rotatable bonds is 2. The maximum absolute atomic E-state index is 8.61. The second-order valence-electron chi connectivity index (χ2n) is 2.32. The van der Waals surface area contributed by atoms with Crippen molar-refractivity contribution in [3.05, 3.63) is 34.9 Å². The largest absolute Gasteiger partial charge is 0.410 e. The van der Waals surface area contributed by atoms with E-state index in [0.29, 0.717) is 10.6 Å². The fourth-order valence-electron chi connectivity index (χ4n) is 0.857. The van der Waals surface area contributed by atoms with Crippen LogP contribution in [0, 0.1) is 0 Å². The van der Waals surface area contributed by atoms with E-state index < -0.39 is 0 Å². The topological polar surface area (TPSA) is 58.6 Å². The second-order valence-corrected chi connectivity index (χ2v) is 3.20. The normalized spacial score (nSPS) is 11.3. The van der Waals surface area contributed by atoms with Gasteiger partial charge in [-0.25, -0.2) is 0 Å². The molecule has 1 aromatic rings. The van der Waals surface area contributed by atoms with Crippen LogP contribution in [-0.2, 0) is 0 Å². The third-order valence-electron chi connectivity index (χ3n) is 1.45. The van der Waals surface area contributed by atoms with Gasteiger partial charge in [0.15, 0.2) is 0 Å². The van der Waals surface area contributed by atoms with Gasteiger partial charge in [0.05, 0.1) is 0 Å². The minimum Gasteiger partial charge on any atom is -0.410 e. The summed E-state index contributed by atoms with van der Waals surface area (Å²) in [5.41, 5.74) is 6.15. The van der Waals surface area contributed by atoms with Crippen molar-refractivity contribution in [2.75, 3.05) is 0 Å². The Bertz CT molecular complexity index is 348. The van der Waals surface area contributed by atoms with Crippen molar-refractivity contribution in [1.29, 1.82) is 0 Å². The van der Waals surface area contributed by atoms with Crippen LogP contribution in [0.3, 0.4) is 0 Å². The van der Waals surface area contributed by atoms with Crippen molar-refractivity contribution in [2.24, 2.45) is 10.9 Å². The minimum atomic E-state index is 0.0461. The number of nitrogens with zero attached hydrogens (tertiary/aromatic N) is 1. The Kier molecular flexibility index (Phi) is 3.22. The quantitative estimate of drug-likeness (QED) is 0.342. The van der Waals surface area contributed by atoms with Crippen LogP contribution < -0.4 is 5.73 Å². The predicted octanol–water partition coefficient (Wildman–Crippen LogP) is 1.80. The lowest BCUT2D eigenvalue weighted by atomic mass is 10.1. The van der Waals surface area contributed by atoms with Crippen LogP contribution in [0.4, 0.5) is 0 Å². The number of hydrogen-bond acceptors (Lipinski definition) is 3. The first kappa shape index (κ1) is 9.95. The zero-order chi connectivity index (χ0) is 9.84. The first-order valence-electron chi connectivity index (χ1n) is 3.43. The van der Waals surface area contributed by atoms with Crippen LogP contribution in [0.2, 0.25) is 5.02 Å². The summed E-state index contributed by atoms with van der Waals surface area (Å²) in [5.74, 6) is 0. The molecule has 0 aliphatic heterocycles. The summed E-state index contributed by atoms with van der Waals surface area (Å²) in [6, 6.07) is 6.69. The van der Waals surface area contributed by atoms with Crippen LogP contribution in [0.25, 0.3) is 0 Å². The predicted molar refractivity (Wildman–Crippen MR) is 56.6 cm³/mol. The highest BCUT2D eigenvalue weighted by Gasteiger charge is 2.06. The Morgan fingerprint density at radius 3 is 2.31 bits per heavy atom. The first-order chi connectivity index (χ1) is 6.15. The van der Waals surface area contributed by atoms with Crippen molar-refractivity contribution in [1.82, 2.24) is 0 Å². The second kappa shape index (κ2) is 4.20. The highest BCUT2D eigenvalue weighted by Crippen LogP contribution is 2.10. The van der Waals surface area contributed by atoms with Gasteiger partial charge < -0.3 is 10.9 Å². The Balaban J connectivity index is 3.07. The van der Waals surface area contributed by atoms with Crippen molar-refractivity contribution in [2.45, 2.75) is 0 Å². The summed E-state index contributed by atoms with van der Waals surface area (Å²) in [6.07, 6.45) is 0. The Hall–Kier alpha value is -1.13. The number of halogens is 1. The van der Waals surface area contributed by atoms with E-state index in [9.17, 15) is 0 Å². The monoisotopic (exact) mass is 214 g/mol. The molecule has 0 saturated heterocycles. The van der Waals surface area contributed by atoms with Gasteiger partial charge in [-0.05, 0) is 12.1 Å². The summed E-state index contributed by atoms with van der Waals surface area (Å²) in [6.45, 7) is 0. The van der Waals surface area contributed by atoms with Crippen LogP contribution >= 0.6 is 23.8 Å². The smallest absolute Gasteiger partial charge is 0.143 e. The molecule has 0 aliphatic rings. The number of nitrogens with two attached hydrogens (primary N) is 1. The Morgan fingerprint density at radius 2 is 1.92 bits per heavy atom. The highest BCUT2D eigenvalue weighted by atomic mass is 35.5. The van der Waals surface area contributed by atoms with Crippen LogP contribution in [-0.4, -0.2) is 15.9 Å². The number of thiocarbonyl (C=S) groups is 1. The SMILES string of the molecule is NC(=S)C(=NO)c1ccc(Cl)cc1. The molecule has 13 heavy (non-hydrogen) atoms. The lowest BCUT2D eigenvalue weighted by Gasteiger charge is -2.01. The Labute approximate surface area is 85.8 Å². The van der Waals surface area contributed by atoms with E-state index in [1.165, 1.54) is 0 Å². The number of oxime groups is 1. The molecule has 0 fully saturated rings. The number of hydrogen-bond donors (Lipinski definition) is 2. The fourth-order valence-corrected chi connectivity index (χ4v) is 1.14. The van der Waals surface area contributed by atoms with E-state index in [1.807, 2.05) is 0 Å². The molecule has 0 saturated carbocycles. The van der Waals surface area contributed by atoms with Gasteiger partial charge in [0.1, 0.15) is 10.7 Å². The van der Waals surface area contributed by atoms with Gasteiger partial charge in [-0.3, -0.25) is 0 Å². The molecule has 0 bridgehead atoms. The lowest BCUT2D eigenvalue weighted by Crippen LogP contribution is -2.21. The molecule has 68 valence electrons. The van der Waals surface area contributed by atoms with Gasteiger partial charge in [-0.1, -0.05) is 41.1 Å². The van der Waals surface area contributed by atoms with E-state index in [0.717, 1.165) is 0 Å². The van der Waals surface area contributed by atoms with E-state index in [4.69, 9.17) is 22.5 Å².